The molecule has 27 heavy (non-hydrogen) atoms. The number of nitrogens with one attached hydrogen (secondary N) is 2. The lowest BCUT2D eigenvalue weighted by atomic mass is 10.1. The van der Waals surface area contributed by atoms with Gasteiger partial charge in [-0.05, 0) is 36.4 Å². The van der Waals surface area contributed by atoms with Crippen molar-refractivity contribution < 1.29 is 23.9 Å². The van der Waals surface area contributed by atoms with E-state index in [1.54, 1.807) is 0 Å². The van der Waals surface area contributed by atoms with Crippen LogP contribution in [0.25, 0.3) is 0 Å². The fourth-order valence-electron chi connectivity index (χ4n) is 2.22. The number of benzene rings is 2. The van der Waals surface area contributed by atoms with E-state index in [0.717, 1.165) is 0 Å². The number of amides is 2. The predicted octanol–water partition coefficient (Wildman–Crippen LogP) is 1.77. The van der Waals surface area contributed by atoms with E-state index < -0.39 is 11.9 Å². The van der Waals surface area contributed by atoms with Gasteiger partial charge in [-0.15, -0.1) is 0 Å². The lowest BCUT2D eigenvalue weighted by molar-refractivity contribution is -0.115. The highest BCUT2D eigenvalue weighted by Crippen LogP contribution is 2.22. The van der Waals surface area contributed by atoms with Crippen LogP contribution in [0.15, 0.2) is 36.4 Å². The maximum absolute atomic E-state index is 12.3. The van der Waals surface area contributed by atoms with E-state index in [1.807, 2.05) is 0 Å². The summed E-state index contributed by atoms with van der Waals surface area (Å²) in [6.07, 6.45) is 0. The fraction of sp³-hybridized carbons (Fsp3) is 0.111. The monoisotopic (exact) mass is 370 g/mol. The van der Waals surface area contributed by atoms with Gasteiger partial charge in [-0.1, -0.05) is 0 Å². The van der Waals surface area contributed by atoms with Crippen LogP contribution in [0, 0.1) is 0 Å². The van der Waals surface area contributed by atoms with Gasteiger partial charge in [0.05, 0.1) is 11.1 Å². The van der Waals surface area contributed by atoms with Crippen molar-refractivity contribution in [1.29, 1.82) is 0 Å². The summed E-state index contributed by atoms with van der Waals surface area (Å²) >= 11 is 0. The van der Waals surface area contributed by atoms with E-state index in [-0.39, 0.29) is 34.3 Å². The molecule has 0 fully saturated rings. The summed E-state index contributed by atoms with van der Waals surface area (Å²) < 4.78 is 4.84. The summed E-state index contributed by atoms with van der Waals surface area (Å²) in [5.41, 5.74) is 12.1. The van der Waals surface area contributed by atoms with Crippen LogP contribution in [-0.4, -0.2) is 23.8 Å². The molecule has 0 aromatic heterocycles. The lowest BCUT2D eigenvalue weighted by Crippen LogP contribution is -2.17. The molecule has 0 heterocycles. The molecule has 0 aliphatic rings. The number of carbonyl (C=O) groups excluding carboxylic acids is 4. The Morgan fingerprint density at radius 2 is 1.11 bits per heavy atom. The Bertz CT molecular complexity index is 864. The van der Waals surface area contributed by atoms with Gasteiger partial charge in [0, 0.05) is 36.6 Å². The van der Waals surface area contributed by atoms with Crippen LogP contribution < -0.4 is 22.1 Å². The number of hydrogen-bond donors (Lipinski definition) is 4. The average molecular weight is 370 g/mol. The Kier molecular flexibility index (Phi) is 5.76. The normalized spacial score (nSPS) is 10.0. The van der Waals surface area contributed by atoms with Gasteiger partial charge in [-0.25, -0.2) is 9.59 Å². The number of nitrogens with two attached hydrogens (primary N) is 2. The predicted molar refractivity (Wildman–Crippen MR) is 100 cm³/mol. The molecule has 6 N–H and O–H groups in total. The Morgan fingerprint density at radius 3 is 1.44 bits per heavy atom. The maximum Gasteiger partial charge on any atom is 0.348 e. The van der Waals surface area contributed by atoms with Crippen LogP contribution in [0.3, 0.4) is 0 Å². The van der Waals surface area contributed by atoms with Gasteiger partial charge in [0.15, 0.2) is 0 Å². The summed E-state index contributed by atoms with van der Waals surface area (Å²) in [5, 5.41) is 5.00. The third kappa shape index (κ3) is 5.05. The first-order valence-electron chi connectivity index (χ1n) is 7.78. The zero-order valence-electron chi connectivity index (χ0n) is 14.7. The fourth-order valence-corrected chi connectivity index (χ4v) is 2.22. The van der Waals surface area contributed by atoms with Gasteiger partial charge in [0.1, 0.15) is 0 Å². The van der Waals surface area contributed by atoms with Crippen molar-refractivity contribution in [3.63, 3.8) is 0 Å². The molecule has 2 amide bonds. The molecule has 0 bridgehead atoms. The molecule has 0 unspecified atom stereocenters. The Balaban J connectivity index is 2.24. The number of hydrogen-bond acceptors (Lipinski definition) is 7. The topological polar surface area (TPSA) is 154 Å². The smallest absolute Gasteiger partial charge is 0.348 e. The van der Waals surface area contributed by atoms with E-state index in [2.05, 4.69) is 10.6 Å². The second-order valence-electron chi connectivity index (χ2n) is 5.64. The molecule has 2 rings (SSSR count). The van der Waals surface area contributed by atoms with Gasteiger partial charge in [0.2, 0.25) is 11.8 Å². The number of nitrogen functional groups attached to an aromatic ring is 2. The van der Waals surface area contributed by atoms with Crippen molar-refractivity contribution in [1.82, 2.24) is 0 Å². The maximum atomic E-state index is 12.3. The molecule has 9 nitrogen and oxygen atoms in total. The molecular weight excluding hydrogens is 352 g/mol. The zero-order chi connectivity index (χ0) is 20.1. The molecule has 0 atom stereocenters. The Hall–Kier alpha value is -3.88. The minimum Gasteiger partial charge on any atom is -0.398 e. The largest absolute Gasteiger partial charge is 0.398 e. The molecule has 2 aromatic rings. The Labute approximate surface area is 154 Å². The lowest BCUT2D eigenvalue weighted by Gasteiger charge is -2.10. The van der Waals surface area contributed by atoms with Crippen molar-refractivity contribution >= 4 is 46.5 Å². The van der Waals surface area contributed by atoms with Crippen LogP contribution in [0.5, 0.6) is 0 Å². The summed E-state index contributed by atoms with van der Waals surface area (Å²) in [7, 11) is 0. The molecule has 2 aromatic carbocycles. The minimum atomic E-state index is -1.01. The number of anilines is 4. The van der Waals surface area contributed by atoms with Crippen LogP contribution in [0.1, 0.15) is 34.6 Å². The highest BCUT2D eigenvalue weighted by atomic mass is 16.6. The zero-order valence-corrected chi connectivity index (χ0v) is 14.7. The minimum absolute atomic E-state index is 0.0712. The molecule has 0 spiro atoms. The second-order valence-corrected chi connectivity index (χ2v) is 5.64. The van der Waals surface area contributed by atoms with Crippen molar-refractivity contribution in [3.05, 3.63) is 47.5 Å². The van der Waals surface area contributed by atoms with Crippen molar-refractivity contribution in [3.8, 4) is 0 Å². The first-order chi connectivity index (χ1) is 12.7. The second kappa shape index (κ2) is 8.00. The summed E-state index contributed by atoms with van der Waals surface area (Å²) in [6.45, 7) is 2.62. The molecule has 140 valence electrons. The quantitative estimate of drug-likeness (QED) is 0.363. The van der Waals surface area contributed by atoms with Crippen molar-refractivity contribution in [2.45, 2.75) is 13.8 Å². The number of esters is 2. The Morgan fingerprint density at radius 1 is 0.741 bits per heavy atom. The van der Waals surface area contributed by atoms with Crippen LogP contribution in [0.4, 0.5) is 22.7 Å². The van der Waals surface area contributed by atoms with Crippen molar-refractivity contribution in [2.75, 3.05) is 22.1 Å². The SMILES string of the molecule is CC(=O)Nc1ccc(N)c(C(=O)OC(=O)c2cc(NC(C)=O)ccc2N)c1. The highest BCUT2D eigenvalue weighted by molar-refractivity contribution is 6.08. The summed E-state index contributed by atoms with van der Waals surface area (Å²) in [5.74, 6) is -2.68. The van der Waals surface area contributed by atoms with Gasteiger partial charge in [-0.2, -0.15) is 0 Å². The summed E-state index contributed by atoms with van der Waals surface area (Å²) in [4.78, 5) is 46.9. The van der Waals surface area contributed by atoms with E-state index in [4.69, 9.17) is 16.2 Å². The van der Waals surface area contributed by atoms with Gasteiger partial charge in [0.25, 0.3) is 0 Å². The first kappa shape index (κ1) is 19.4. The molecule has 0 aliphatic heterocycles. The molecule has 0 aliphatic carbocycles. The number of carbonyl (C=O) groups is 4. The standard InChI is InChI=1S/C18H18N4O5/c1-9(23)21-11-3-5-15(19)13(7-11)17(25)27-18(26)14-8-12(22-10(2)24)4-6-16(14)20/h3-8H,19-20H2,1-2H3,(H,21,23)(H,22,24). The number of ether oxygens (including phenoxy) is 1. The van der Waals surface area contributed by atoms with Gasteiger partial charge >= 0.3 is 11.9 Å². The third-order valence-corrected chi connectivity index (χ3v) is 3.37. The molecular formula is C18H18N4O5. The summed E-state index contributed by atoms with van der Waals surface area (Å²) in [6, 6.07) is 8.40. The average Bonchev–Trinajstić information content (AvgIpc) is 2.57. The number of rotatable bonds is 4. The van der Waals surface area contributed by atoms with E-state index in [1.165, 1.54) is 50.2 Å². The van der Waals surface area contributed by atoms with Crippen LogP contribution in [0.2, 0.25) is 0 Å². The van der Waals surface area contributed by atoms with Crippen LogP contribution in [-0.2, 0) is 14.3 Å². The molecule has 0 radical (unpaired) electrons. The van der Waals surface area contributed by atoms with E-state index in [9.17, 15) is 19.2 Å². The molecule has 0 saturated carbocycles. The van der Waals surface area contributed by atoms with E-state index in [0.29, 0.717) is 11.4 Å². The van der Waals surface area contributed by atoms with Crippen molar-refractivity contribution in [2.24, 2.45) is 0 Å². The van der Waals surface area contributed by atoms with Gasteiger partial charge < -0.3 is 26.8 Å². The van der Waals surface area contributed by atoms with Crippen LogP contribution >= 0.6 is 0 Å². The third-order valence-electron chi connectivity index (χ3n) is 3.37. The molecule has 9 heteroatoms. The first-order valence-corrected chi connectivity index (χ1v) is 7.78. The molecule has 0 saturated heterocycles. The highest BCUT2D eigenvalue weighted by Gasteiger charge is 2.20. The van der Waals surface area contributed by atoms with E-state index >= 15 is 0 Å². The van der Waals surface area contributed by atoms with Gasteiger partial charge in [-0.3, -0.25) is 9.59 Å².